The van der Waals surface area contributed by atoms with Crippen LogP contribution in [-0.4, -0.2) is 30.5 Å². The van der Waals surface area contributed by atoms with Crippen molar-refractivity contribution in [3.05, 3.63) is 23.9 Å². The number of carbonyl (C=O) groups is 1. The molecular formula is C12H18N4O. The fourth-order valence-electron chi connectivity index (χ4n) is 1.86. The summed E-state index contributed by atoms with van der Waals surface area (Å²) < 4.78 is 0. The molecule has 1 saturated heterocycles. The number of amides is 1. The SMILES string of the molecule is C[C@@H](N)c1ccc(N2CCCNC(=O)C2)nc1. The molecule has 3 N–H and O–H groups in total. The predicted molar refractivity (Wildman–Crippen MR) is 66.7 cm³/mol. The summed E-state index contributed by atoms with van der Waals surface area (Å²) in [5.74, 6) is 0.895. The first-order valence-electron chi connectivity index (χ1n) is 5.90. The van der Waals surface area contributed by atoms with Gasteiger partial charge >= 0.3 is 0 Å². The molecule has 1 amide bonds. The van der Waals surface area contributed by atoms with Crippen LogP contribution >= 0.6 is 0 Å². The number of hydrogen-bond acceptors (Lipinski definition) is 4. The molecule has 0 aromatic carbocycles. The molecule has 17 heavy (non-hydrogen) atoms. The summed E-state index contributed by atoms with van der Waals surface area (Å²) in [5, 5.41) is 2.85. The molecule has 5 nitrogen and oxygen atoms in total. The van der Waals surface area contributed by atoms with Gasteiger partial charge in [-0.15, -0.1) is 0 Å². The van der Waals surface area contributed by atoms with E-state index in [-0.39, 0.29) is 11.9 Å². The van der Waals surface area contributed by atoms with Crippen LogP contribution in [0.2, 0.25) is 0 Å². The van der Waals surface area contributed by atoms with Crippen molar-refractivity contribution >= 4 is 11.7 Å². The molecule has 0 saturated carbocycles. The summed E-state index contributed by atoms with van der Waals surface area (Å²) >= 11 is 0. The van der Waals surface area contributed by atoms with Crippen molar-refractivity contribution in [3.63, 3.8) is 0 Å². The first kappa shape index (κ1) is 11.9. The van der Waals surface area contributed by atoms with Crippen LogP contribution < -0.4 is 16.0 Å². The second-order valence-electron chi connectivity index (χ2n) is 4.36. The highest BCUT2D eigenvalue weighted by molar-refractivity contribution is 5.81. The van der Waals surface area contributed by atoms with Crippen LogP contribution in [0.25, 0.3) is 0 Å². The van der Waals surface area contributed by atoms with Crippen LogP contribution in [0.4, 0.5) is 5.82 Å². The Morgan fingerprint density at radius 2 is 2.35 bits per heavy atom. The molecule has 1 fully saturated rings. The Morgan fingerprint density at radius 3 is 3.00 bits per heavy atom. The van der Waals surface area contributed by atoms with E-state index in [1.165, 1.54) is 0 Å². The number of nitrogens with zero attached hydrogens (tertiary/aromatic N) is 2. The predicted octanol–water partition coefficient (Wildman–Crippen LogP) is 0.428. The Labute approximate surface area is 101 Å². The molecule has 0 unspecified atom stereocenters. The number of carbonyl (C=O) groups excluding carboxylic acids is 1. The van der Waals surface area contributed by atoms with E-state index in [1.807, 2.05) is 24.0 Å². The number of nitrogens with two attached hydrogens (primary N) is 1. The fourth-order valence-corrected chi connectivity index (χ4v) is 1.86. The molecule has 0 aliphatic carbocycles. The number of anilines is 1. The maximum Gasteiger partial charge on any atom is 0.239 e. The normalized spacial score (nSPS) is 18.5. The Kier molecular flexibility index (Phi) is 3.58. The van der Waals surface area contributed by atoms with Gasteiger partial charge in [0, 0.05) is 25.3 Å². The van der Waals surface area contributed by atoms with Gasteiger partial charge in [-0.25, -0.2) is 4.98 Å². The molecule has 1 aliphatic rings. The topological polar surface area (TPSA) is 71.2 Å². The molecule has 2 rings (SSSR count). The van der Waals surface area contributed by atoms with Crippen molar-refractivity contribution in [2.75, 3.05) is 24.5 Å². The van der Waals surface area contributed by atoms with Gasteiger partial charge in [-0.05, 0) is 25.0 Å². The van der Waals surface area contributed by atoms with E-state index >= 15 is 0 Å². The molecule has 5 heteroatoms. The second kappa shape index (κ2) is 5.14. The van der Waals surface area contributed by atoms with Crippen LogP contribution in [0.3, 0.4) is 0 Å². The van der Waals surface area contributed by atoms with Crippen molar-refractivity contribution in [2.45, 2.75) is 19.4 Å². The molecule has 2 heterocycles. The van der Waals surface area contributed by atoms with E-state index in [4.69, 9.17) is 5.73 Å². The minimum Gasteiger partial charge on any atom is -0.354 e. The summed E-state index contributed by atoms with van der Waals surface area (Å²) in [5.41, 5.74) is 6.78. The van der Waals surface area contributed by atoms with Gasteiger partial charge in [0.05, 0.1) is 6.54 Å². The van der Waals surface area contributed by atoms with Gasteiger partial charge in [-0.3, -0.25) is 4.79 Å². The zero-order valence-electron chi connectivity index (χ0n) is 10.0. The van der Waals surface area contributed by atoms with Gasteiger partial charge in [0.25, 0.3) is 0 Å². The molecule has 1 atom stereocenters. The van der Waals surface area contributed by atoms with E-state index in [0.717, 1.165) is 30.9 Å². The molecule has 1 aromatic heterocycles. The van der Waals surface area contributed by atoms with E-state index < -0.39 is 0 Å². The van der Waals surface area contributed by atoms with Crippen molar-refractivity contribution in [1.82, 2.24) is 10.3 Å². The van der Waals surface area contributed by atoms with Crippen LogP contribution in [0.5, 0.6) is 0 Å². The smallest absolute Gasteiger partial charge is 0.239 e. The molecule has 92 valence electrons. The monoisotopic (exact) mass is 234 g/mol. The number of nitrogens with one attached hydrogen (secondary N) is 1. The van der Waals surface area contributed by atoms with Crippen LogP contribution in [-0.2, 0) is 4.79 Å². The Bertz CT molecular complexity index is 388. The minimum atomic E-state index is -0.0102. The summed E-state index contributed by atoms with van der Waals surface area (Å²) in [6.45, 7) is 3.90. The van der Waals surface area contributed by atoms with Crippen molar-refractivity contribution in [3.8, 4) is 0 Å². The average molecular weight is 234 g/mol. The molecule has 0 radical (unpaired) electrons. The fraction of sp³-hybridized carbons (Fsp3) is 0.500. The Balaban J connectivity index is 2.12. The summed E-state index contributed by atoms with van der Waals surface area (Å²) in [6.07, 6.45) is 2.73. The lowest BCUT2D eigenvalue weighted by atomic mass is 10.1. The van der Waals surface area contributed by atoms with Crippen molar-refractivity contribution in [2.24, 2.45) is 5.73 Å². The third-order valence-electron chi connectivity index (χ3n) is 2.88. The lowest BCUT2D eigenvalue weighted by Crippen LogP contribution is -2.33. The second-order valence-corrected chi connectivity index (χ2v) is 4.36. The lowest BCUT2D eigenvalue weighted by Gasteiger charge is -2.20. The third-order valence-corrected chi connectivity index (χ3v) is 2.88. The van der Waals surface area contributed by atoms with E-state index in [1.54, 1.807) is 6.20 Å². The maximum atomic E-state index is 11.4. The Hall–Kier alpha value is -1.62. The number of pyridine rings is 1. The first-order chi connectivity index (χ1) is 8.16. The summed E-state index contributed by atoms with van der Waals surface area (Å²) in [6, 6.07) is 3.89. The average Bonchev–Trinajstić information content (AvgIpc) is 2.54. The molecule has 1 aliphatic heterocycles. The van der Waals surface area contributed by atoms with Crippen LogP contribution in [0.1, 0.15) is 24.9 Å². The minimum absolute atomic E-state index is 0.0102. The summed E-state index contributed by atoms with van der Waals surface area (Å²) in [7, 11) is 0. The van der Waals surface area contributed by atoms with Gasteiger partial charge in [0.1, 0.15) is 5.82 Å². The van der Waals surface area contributed by atoms with Crippen LogP contribution in [0, 0.1) is 0 Å². The van der Waals surface area contributed by atoms with E-state index in [0.29, 0.717) is 6.54 Å². The van der Waals surface area contributed by atoms with Gasteiger partial charge in [0.2, 0.25) is 5.91 Å². The quantitative estimate of drug-likeness (QED) is 0.778. The van der Waals surface area contributed by atoms with Crippen LogP contribution in [0.15, 0.2) is 18.3 Å². The van der Waals surface area contributed by atoms with Gasteiger partial charge in [-0.2, -0.15) is 0 Å². The van der Waals surface area contributed by atoms with Gasteiger partial charge in [-0.1, -0.05) is 6.07 Å². The van der Waals surface area contributed by atoms with Crippen molar-refractivity contribution in [1.29, 1.82) is 0 Å². The largest absolute Gasteiger partial charge is 0.354 e. The Morgan fingerprint density at radius 1 is 1.53 bits per heavy atom. The van der Waals surface area contributed by atoms with Gasteiger partial charge < -0.3 is 16.0 Å². The molecule has 0 bridgehead atoms. The first-order valence-corrected chi connectivity index (χ1v) is 5.90. The zero-order chi connectivity index (χ0) is 12.3. The highest BCUT2D eigenvalue weighted by Crippen LogP contribution is 2.15. The lowest BCUT2D eigenvalue weighted by molar-refractivity contribution is -0.119. The van der Waals surface area contributed by atoms with Gasteiger partial charge in [0.15, 0.2) is 0 Å². The highest BCUT2D eigenvalue weighted by Gasteiger charge is 2.15. The molecule has 1 aromatic rings. The highest BCUT2D eigenvalue weighted by atomic mass is 16.2. The standard InChI is InChI=1S/C12H18N4O/c1-9(13)10-3-4-11(15-7-10)16-6-2-5-14-12(17)8-16/h3-4,7,9H,2,5-6,8,13H2,1H3,(H,14,17)/t9-/m1/s1. The van der Waals surface area contributed by atoms with Crippen molar-refractivity contribution < 1.29 is 4.79 Å². The third kappa shape index (κ3) is 2.94. The summed E-state index contributed by atoms with van der Waals surface area (Å²) in [4.78, 5) is 17.8. The molecule has 0 spiro atoms. The number of rotatable bonds is 2. The van der Waals surface area contributed by atoms with E-state index in [2.05, 4.69) is 10.3 Å². The molecular weight excluding hydrogens is 216 g/mol. The number of aromatic nitrogens is 1. The van der Waals surface area contributed by atoms with E-state index in [9.17, 15) is 4.79 Å². The maximum absolute atomic E-state index is 11.4. The zero-order valence-corrected chi connectivity index (χ0v) is 10.0. The number of hydrogen-bond donors (Lipinski definition) is 2.